The Bertz CT molecular complexity index is 1220. The molecule has 1 aromatic heterocycles. The normalized spacial score (nSPS) is 19.6. The molecular weight excluding hydrogens is 498 g/mol. The number of hydrogen-bond donors (Lipinski definition) is 2. The lowest BCUT2D eigenvalue weighted by molar-refractivity contribution is 0.0969. The number of nitrogens with zero attached hydrogens (tertiary/aromatic N) is 5. The first-order valence-electron chi connectivity index (χ1n) is 13.2. The number of hydrogen-bond acceptors (Lipinski definition) is 9. The summed E-state index contributed by atoms with van der Waals surface area (Å²) in [6.45, 7) is 8.71. The second-order valence-corrected chi connectivity index (χ2v) is 9.78. The van der Waals surface area contributed by atoms with Gasteiger partial charge in [0.15, 0.2) is 5.82 Å². The first kappa shape index (κ1) is 26.8. The number of carbonyl (C=O) groups excluding carboxylic acids is 1. The largest absolute Gasteiger partial charge is 0.380 e. The van der Waals surface area contributed by atoms with Crippen LogP contribution in [-0.2, 0) is 20.8 Å². The van der Waals surface area contributed by atoms with Gasteiger partial charge in [0.25, 0.3) is 0 Å². The predicted octanol–water partition coefficient (Wildman–Crippen LogP) is 3.78. The van der Waals surface area contributed by atoms with Gasteiger partial charge in [0.1, 0.15) is 0 Å². The lowest BCUT2D eigenvalue weighted by Gasteiger charge is -2.36. The molecule has 0 unspecified atom stereocenters. The summed E-state index contributed by atoms with van der Waals surface area (Å²) in [7, 11) is 1.65. The van der Waals surface area contributed by atoms with Gasteiger partial charge in [-0.3, -0.25) is 0 Å². The molecule has 2 amide bonds. The lowest BCUT2D eigenvalue weighted by Crippen LogP contribution is -2.46. The highest BCUT2D eigenvalue weighted by molar-refractivity contribution is 5.99. The number of carbonyl (C=O) groups is 1. The summed E-state index contributed by atoms with van der Waals surface area (Å²) in [6.07, 6.45) is 0. The molecule has 2 N–H and O–H groups in total. The summed E-state index contributed by atoms with van der Waals surface area (Å²) in [5, 5.41) is 5.72. The zero-order valence-corrected chi connectivity index (χ0v) is 22.6. The van der Waals surface area contributed by atoms with E-state index in [0.29, 0.717) is 62.1 Å². The SMILES string of the molecule is COCc1ccc(NC(=O)Nc2ccc(-c3nc(N4CCOC[C@H]4C)nc(N4CCOC[C@H]4C)n3)cc2)cc1. The Hall–Kier alpha value is -3.80. The Morgan fingerprint density at radius 2 is 1.36 bits per heavy atom. The van der Waals surface area contributed by atoms with Crippen LogP contribution in [0.4, 0.5) is 28.1 Å². The Labute approximate surface area is 228 Å². The quantitative estimate of drug-likeness (QED) is 0.468. The van der Waals surface area contributed by atoms with Gasteiger partial charge in [0, 0.05) is 37.1 Å². The Kier molecular flexibility index (Phi) is 8.50. The summed E-state index contributed by atoms with van der Waals surface area (Å²) in [5.41, 5.74) is 3.23. The van der Waals surface area contributed by atoms with Crippen LogP contribution in [0.25, 0.3) is 11.4 Å². The van der Waals surface area contributed by atoms with E-state index in [9.17, 15) is 4.79 Å². The van der Waals surface area contributed by atoms with Crippen LogP contribution in [0.3, 0.4) is 0 Å². The molecule has 0 bridgehead atoms. The lowest BCUT2D eigenvalue weighted by atomic mass is 10.2. The van der Waals surface area contributed by atoms with Crippen molar-refractivity contribution >= 4 is 29.3 Å². The fourth-order valence-corrected chi connectivity index (χ4v) is 4.64. The van der Waals surface area contributed by atoms with Crippen molar-refractivity contribution in [2.24, 2.45) is 0 Å². The van der Waals surface area contributed by atoms with Gasteiger partial charge in [-0.15, -0.1) is 0 Å². The van der Waals surface area contributed by atoms with Gasteiger partial charge in [0.2, 0.25) is 11.9 Å². The molecule has 0 aliphatic carbocycles. The molecule has 5 rings (SSSR count). The number of aromatic nitrogens is 3. The van der Waals surface area contributed by atoms with E-state index in [-0.39, 0.29) is 18.1 Å². The smallest absolute Gasteiger partial charge is 0.323 e. The predicted molar refractivity (Wildman–Crippen MR) is 150 cm³/mol. The Balaban J connectivity index is 1.34. The third-order valence-corrected chi connectivity index (χ3v) is 6.78. The highest BCUT2D eigenvalue weighted by Crippen LogP contribution is 2.26. The zero-order chi connectivity index (χ0) is 27.2. The van der Waals surface area contributed by atoms with Crippen molar-refractivity contribution in [2.75, 3.05) is 67.1 Å². The van der Waals surface area contributed by atoms with Gasteiger partial charge < -0.3 is 34.6 Å². The molecule has 3 heterocycles. The Morgan fingerprint density at radius 1 is 0.846 bits per heavy atom. The maximum Gasteiger partial charge on any atom is 0.323 e. The summed E-state index contributed by atoms with van der Waals surface area (Å²) in [6, 6.07) is 15.0. The average molecular weight is 534 g/mol. The standard InChI is InChI=1S/C28H35N7O4/c1-19-16-38-14-12-34(19)26-31-25(32-27(33-26)35-13-15-39-17-20(35)2)22-6-10-24(11-7-22)30-28(36)29-23-8-4-21(5-9-23)18-37-3/h4-11,19-20H,12-18H2,1-3H3,(H2,29,30,36)/t19-,20-/m1/s1. The number of methoxy groups -OCH3 is 1. The van der Waals surface area contributed by atoms with Crippen LogP contribution in [0.5, 0.6) is 0 Å². The van der Waals surface area contributed by atoms with E-state index < -0.39 is 0 Å². The zero-order valence-electron chi connectivity index (χ0n) is 22.6. The molecule has 39 heavy (non-hydrogen) atoms. The van der Waals surface area contributed by atoms with E-state index in [0.717, 1.165) is 24.2 Å². The minimum atomic E-state index is -0.324. The van der Waals surface area contributed by atoms with Gasteiger partial charge in [-0.25, -0.2) is 4.79 Å². The molecule has 2 aromatic carbocycles. The number of morpholine rings is 2. The van der Waals surface area contributed by atoms with Crippen molar-refractivity contribution in [1.82, 2.24) is 15.0 Å². The fourth-order valence-electron chi connectivity index (χ4n) is 4.64. The number of urea groups is 1. The van der Waals surface area contributed by atoms with Crippen molar-refractivity contribution < 1.29 is 19.0 Å². The van der Waals surface area contributed by atoms with Crippen LogP contribution in [0, 0.1) is 0 Å². The second-order valence-electron chi connectivity index (χ2n) is 9.78. The first-order valence-corrected chi connectivity index (χ1v) is 13.2. The summed E-state index contributed by atoms with van der Waals surface area (Å²) in [5.74, 6) is 1.87. The average Bonchev–Trinajstić information content (AvgIpc) is 2.95. The molecule has 2 atom stereocenters. The highest BCUT2D eigenvalue weighted by Gasteiger charge is 2.27. The molecule has 2 aliphatic rings. The van der Waals surface area contributed by atoms with Gasteiger partial charge >= 0.3 is 6.03 Å². The summed E-state index contributed by atoms with van der Waals surface area (Å²) >= 11 is 0. The van der Waals surface area contributed by atoms with Crippen LogP contribution < -0.4 is 20.4 Å². The van der Waals surface area contributed by atoms with Crippen LogP contribution >= 0.6 is 0 Å². The molecule has 0 radical (unpaired) electrons. The van der Waals surface area contributed by atoms with E-state index in [2.05, 4.69) is 34.3 Å². The van der Waals surface area contributed by atoms with Crippen LogP contribution in [0.1, 0.15) is 19.4 Å². The molecule has 2 aliphatic heterocycles. The van der Waals surface area contributed by atoms with Crippen molar-refractivity contribution in [3.05, 3.63) is 54.1 Å². The van der Waals surface area contributed by atoms with E-state index >= 15 is 0 Å². The molecule has 2 saturated heterocycles. The summed E-state index contributed by atoms with van der Waals surface area (Å²) < 4.78 is 16.4. The highest BCUT2D eigenvalue weighted by atomic mass is 16.5. The third-order valence-electron chi connectivity index (χ3n) is 6.78. The van der Waals surface area contributed by atoms with Gasteiger partial charge in [-0.05, 0) is 55.8 Å². The van der Waals surface area contributed by atoms with Gasteiger partial charge in [-0.2, -0.15) is 15.0 Å². The minimum absolute atomic E-state index is 0.158. The molecule has 206 valence electrons. The van der Waals surface area contributed by atoms with Crippen molar-refractivity contribution in [1.29, 1.82) is 0 Å². The second kappa shape index (κ2) is 12.4. The first-order chi connectivity index (χ1) is 19.0. The minimum Gasteiger partial charge on any atom is -0.380 e. The summed E-state index contributed by atoms with van der Waals surface area (Å²) in [4.78, 5) is 31.4. The van der Waals surface area contributed by atoms with Crippen LogP contribution in [0.15, 0.2) is 48.5 Å². The number of benzene rings is 2. The fraction of sp³-hybridized carbons (Fsp3) is 0.429. The molecule has 11 heteroatoms. The van der Waals surface area contributed by atoms with E-state index in [1.165, 1.54) is 0 Å². The van der Waals surface area contributed by atoms with Crippen LogP contribution in [0.2, 0.25) is 0 Å². The molecule has 0 spiro atoms. The number of amides is 2. The maximum atomic E-state index is 12.5. The van der Waals surface area contributed by atoms with Gasteiger partial charge in [-0.1, -0.05) is 12.1 Å². The number of nitrogens with one attached hydrogen (secondary N) is 2. The number of ether oxygens (including phenoxy) is 3. The number of anilines is 4. The van der Waals surface area contributed by atoms with Crippen molar-refractivity contribution in [3.8, 4) is 11.4 Å². The topological polar surface area (TPSA) is 114 Å². The van der Waals surface area contributed by atoms with E-state index in [1.807, 2.05) is 48.5 Å². The van der Waals surface area contributed by atoms with Gasteiger partial charge in [0.05, 0.1) is 45.1 Å². The molecule has 3 aromatic rings. The maximum absolute atomic E-state index is 12.5. The van der Waals surface area contributed by atoms with Crippen molar-refractivity contribution in [2.45, 2.75) is 32.5 Å². The van der Waals surface area contributed by atoms with Crippen molar-refractivity contribution in [3.63, 3.8) is 0 Å². The monoisotopic (exact) mass is 533 g/mol. The third kappa shape index (κ3) is 6.62. The molecule has 11 nitrogen and oxygen atoms in total. The van der Waals surface area contributed by atoms with Crippen LogP contribution in [-0.4, -0.2) is 79.7 Å². The number of rotatable bonds is 7. The molecule has 0 saturated carbocycles. The van der Waals surface area contributed by atoms with E-state index in [1.54, 1.807) is 7.11 Å². The molecule has 2 fully saturated rings. The Morgan fingerprint density at radius 3 is 1.85 bits per heavy atom. The van der Waals surface area contributed by atoms with E-state index in [4.69, 9.17) is 29.2 Å². The molecular formula is C28H35N7O4.